The van der Waals surface area contributed by atoms with Crippen LogP contribution in [-0.2, 0) is 0 Å². The molecule has 0 saturated carbocycles. The van der Waals surface area contributed by atoms with Crippen molar-refractivity contribution >= 4 is 0 Å². The summed E-state index contributed by atoms with van der Waals surface area (Å²) in [6.45, 7) is 8.19. The lowest BCUT2D eigenvalue weighted by molar-refractivity contribution is 0.0916. The third-order valence-electron chi connectivity index (χ3n) is 3.54. The van der Waals surface area contributed by atoms with Gasteiger partial charge in [0.1, 0.15) is 6.17 Å². The summed E-state index contributed by atoms with van der Waals surface area (Å²) in [6.07, 6.45) is 6.63. The number of nitrogens with zero attached hydrogens (tertiary/aromatic N) is 2. The van der Waals surface area contributed by atoms with E-state index < -0.39 is 6.17 Å². The first kappa shape index (κ1) is 17.4. The van der Waals surface area contributed by atoms with Gasteiger partial charge in [-0.05, 0) is 18.9 Å². The lowest BCUT2D eigenvalue weighted by atomic mass is 9.93. The van der Waals surface area contributed by atoms with Crippen molar-refractivity contribution in [3.63, 3.8) is 0 Å². The maximum absolute atomic E-state index is 13.3. The fourth-order valence-electron chi connectivity index (χ4n) is 2.22. The first-order chi connectivity index (χ1) is 8.69. The lowest BCUT2D eigenvalue weighted by Crippen LogP contribution is -2.41. The highest BCUT2D eigenvalue weighted by molar-refractivity contribution is 4.84. The molecule has 1 aliphatic heterocycles. The van der Waals surface area contributed by atoms with Gasteiger partial charge in [-0.25, -0.2) is 4.39 Å². The van der Waals surface area contributed by atoms with Crippen molar-refractivity contribution in [2.75, 3.05) is 19.6 Å². The molecule has 0 radical (unpaired) electrons. The predicted molar refractivity (Wildman–Crippen MR) is 75.2 cm³/mol. The van der Waals surface area contributed by atoms with Gasteiger partial charge in [0, 0.05) is 6.54 Å². The zero-order valence-corrected chi connectivity index (χ0v) is 12.3. The van der Waals surface area contributed by atoms with Crippen molar-refractivity contribution < 1.29 is 4.39 Å². The number of hydrogen-bond acceptors (Lipinski definition) is 2. The molecular formula is C15H29FN2. The Kier molecular flexibility index (Phi) is 11.1. The Balaban J connectivity index is 0.000000411. The van der Waals surface area contributed by atoms with Gasteiger partial charge in [-0.1, -0.05) is 52.9 Å². The van der Waals surface area contributed by atoms with E-state index in [0.29, 0.717) is 13.1 Å². The molecule has 1 fully saturated rings. The van der Waals surface area contributed by atoms with Crippen molar-refractivity contribution in [2.24, 2.45) is 5.92 Å². The third-order valence-corrected chi connectivity index (χ3v) is 3.54. The Morgan fingerprint density at radius 3 is 2.22 bits per heavy atom. The van der Waals surface area contributed by atoms with E-state index in [2.05, 4.69) is 19.9 Å². The second-order valence-corrected chi connectivity index (χ2v) is 5.07. The number of rotatable bonds is 5. The van der Waals surface area contributed by atoms with Crippen LogP contribution in [-0.4, -0.2) is 30.7 Å². The molecule has 2 atom stereocenters. The second kappa shape index (κ2) is 11.5. The minimum Gasteiger partial charge on any atom is -0.288 e. The highest BCUT2D eigenvalue weighted by Gasteiger charge is 2.27. The van der Waals surface area contributed by atoms with Gasteiger partial charge < -0.3 is 0 Å². The SMILES string of the molecule is CCC1CCN(CC#N)CC1F.CCCCCC. The minimum atomic E-state index is -0.725. The standard InChI is InChI=1S/C9H15FN2.C6H14/c1-2-8-3-5-12(6-4-11)7-9(8)10;1-3-5-6-4-2/h8-9H,2-3,5-7H2,1H3;3-6H2,1-2H3. The Labute approximate surface area is 112 Å². The van der Waals surface area contributed by atoms with Crippen LogP contribution in [0.25, 0.3) is 0 Å². The van der Waals surface area contributed by atoms with Crippen LogP contribution in [0.5, 0.6) is 0 Å². The second-order valence-electron chi connectivity index (χ2n) is 5.07. The van der Waals surface area contributed by atoms with E-state index in [0.717, 1.165) is 19.4 Å². The molecule has 2 unspecified atom stereocenters. The number of likely N-dealkylation sites (tertiary alicyclic amines) is 1. The molecule has 1 rings (SSSR count). The van der Waals surface area contributed by atoms with E-state index >= 15 is 0 Å². The summed E-state index contributed by atoms with van der Waals surface area (Å²) in [4.78, 5) is 1.89. The Morgan fingerprint density at radius 2 is 1.83 bits per heavy atom. The van der Waals surface area contributed by atoms with Gasteiger partial charge in [0.05, 0.1) is 12.6 Å². The van der Waals surface area contributed by atoms with Crippen molar-refractivity contribution in [2.45, 2.75) is 65.5 Å². The van der Waals surface area contributed by atoms with Crippen LogP contribution in [0.1, 0.15) is 59.3 Å². The third kappa shape index (κ3) is 7.66. The molecule has 1 heterocycles. The average Bonchev–Trinajstić information content (AvgIpc) is 2.38. The number of alkyl halides is 1. The zero-order chi connectivity index (χ0) is 13.8. The van der Waals surface area contributed by atoms with Crippen LogP contribution >= 0.6 is 0 Å². The number of halogens is 1. The number of hydrogen-bond donors (Lipinski definition) is 0. The highest BCUT2D eigenvalue weighted by atomic mass is 19.1. The number of unbranched alkanes of at least 4 members (excludes halogenated alkanes) is 3. The predicted octanol–water partition coefficient (Wildman–Crippen LogP) is 4.17. The fourth-order valence-corrected chi connectivity index (χ4v) is 2.22. The highest BCUT2D eigenvalue weighted by Crippen LogP contribution is 2.22. The van der Waals surface area contributed by atoms with Crippen molar-refractivity contribution in [1.29, 1.82) is 5.26 Å². The largest absolute Gasteiger partial charge is 0.288 e. The molecule has 18 heavy (non-hydrogen) atoms. The van der Waals surface area contributed by atoms with E-state index in [4.69, 9.17) is 5.26 Å². The van der Waals surface area contributed by atoms with Crippen LogP contribution in [0, 0.1) is 17.2 Å². The van der Waals surface area contributed by atoms with E-state index in [1.165, 1.54) is 25.7 Å². The average molecular weight is 256 g/mol. The van der Waals surface area contributed by atoms with E-state index in [9.17, 15) is 4.39 Å². The van der Waals surface area contributed by atoms with Gasteiger partial charge in [-0.3, -0.25) is 4.90 Å². The Bertz CT molecular complexity index is 221. The Morgan fingerprint density at radius 1 is 1.22 bits per heavy atom. The first-order valence-corrected chi connectivity index (χ1v) is 7.42. The molecular weight excluding hydrogens is 227 g/mol. The lowest BCUT2D eigenvalue weighted by Gasteiger charge is -2.32. The number of nitriles is 1. The summed E-state index contributed by atoms with van der Waals surface area (Å²) in [6, 6.07) is 2.05. The van der Waals surface area contributed by atoms with Gasteiger partial charge >= 0.3 is 0 Å². The molecule has 0 aromatic rings. The Hall–Kier alpha value is -0.620. The smallest absolute Gasteiger partial charge is 0.116 e. The maximum atomic E-state index is 13.3. The molecule has 106 valence electrons. The molecule has 3 heteroatoms. The molecule has 0 aromatic heterocycles. The summed E-state index contributed by atoms with van der Waals surface area (Å²) in [5.41, 5.74) is 0. The van der Waals surface area contributed by atoms with Crippen LogP contribution in [0.15, 0.2) is 0 Å². The van der Waals surface area contributed by atoms with Gasteiger partial charge in [-0.15, -0.1) is 0 Å². The molecule has 1 saturated heterocycles. The number of piperidine rings is 1. The molecule has 0 aromatic carbocycles. The first-order valence-electron chi connectivity index (χ1n) is 7.42. The zero-order valence-electron chi connectivity index (χ0n) is 12.3. The normalized spacial score (nSPS) is 23.9. The van der Waals surface area contributed by atoms with Crippen LogP contribution < -0.4 is 0 Å². The maximum Gasteiger partial charge on any atom is 0.116 e. The van der Waals surface area contributed by atoms with Crippen LogP contribution in [0.3, 0.4) is 0 Å². The molecule has 0 spiro atoms. The van der Waals surface area contributed by atoms with Crippen molar-refractivity contribution in [3.8, 4) is 6.07 Å². The molecule has 0 aliphatic carbocycles. The van der Waals surface area contributed by atoms with E-state index in [1.54, 1.807) is 0 Å². The monoisotopic (exact) mass is 256 g/mol. The summed E-state index contributed by atoms with van der Waals surface area (Å²) < 4.78 is 13.3. The quantitative estimate of drug-likeness (QED) is 0.545. The van der Waals surface area contributed by atoms with E-state index in [1.807, 2.05) is 11.8 Å². The minimum absolute atomic E-state index is 0.222. The van der Waals surface area contributed by atoms with Gasteiger partial charge in [-0.2, -0.15) is 5.26 Å². The summed E-state index contributed by atoms with van der Waals surface area (Å²) >= 11 is 0. The van der Waals surface area contributed by atoms with Crippen molar-refractivity contribution in [1.82, 2.24) is 4.90 Å². The molecule has 0 N–H and O–H groups in total. The van der Waals surface area contributed by atoms with E-state index in [-0.39, 0.29) is 5.92 Å². The summed E-state index contributed by atoms with van der Waals surface area (Å²) in [7, 11) is 0. The van der Waals surface area contributed by atoms with Gasteiger partial charge in [0.15, 0.2) is 0 Å². The summed E-state index contributed by atoms with van der Waals surface area (Å²) in [5, 5.41) is 8.41. The topological polar surface area (TPSA) is 27.0 Å². The molecule has 0 amide bonds. The van der Waals surface area contributed by atoms with Crippen LogP contribution in [0.4, 0.5) is 4.39 Å². The van der Waals surface area contributed by atoms with Gasteiger partial charge in [0.2, 0.25) is 0 Å². The molecule has 1 aliphatic rings. The molecule has 2 nitrogen and oxygen atoms in total. The summed E-state index contributed by atoms with van der Waals surface area (Å²) in [5.74, 6) is 0.222. The molecule has 0 bridgehead atoms. The van der Waals surface area contributed by atoms with Crippen molar-refractivity contribution in [3.05, 3.63) is 0 Å². The fraction of sp³-hybridized carbons (Fsp3) is 0.933. The van der Waals surface area contributed by atoms with Crippen LogP contribution in [0.2, 0.25) is 0 Å². The van der Waals surface area contributed by atoms with Gasteiger partial charge in [0.25, 0.3) is 0 Å².